The van der Waals surface area contributed by atoms with E-state index in [0.29, 0.717) is 23.0 Å². The fourth-order valence-corrected chi connectivity index (χ4v) is 4.35. The lowest BCUT2D eigenvalue weighted by Gasteiger charge is -2.25. The van der Waals surface area contributed by atoms with Crippen LogP contribution in [0.2, 0.25) is 0 Å². The summed E-state index contributed by atoms with van der Waals surface area (Å²) < 4.78 is 20.1. The van der Waals surface area contributed by atoms with Gasteiger partial charge >= 0.3 is 0 Å². The lowest BCUT2D eigenvalue weighted by molar-refractivity contribution is 0.247. The summed E-state index contributed by atoms with van der Waals surface area (Å²) in [5, 5.41) is 0. The Hall–Kier alpha value is -2.27. The first-order chi connectivity index (χ1) is 12.9. The van der Waals surface area contributed by atoms with Gasteiger partial charge in [-0.25, -0.2) is 9.37 Å². The molecule has 1 aromatic carbocycles. The van der Waals surface area contributed by atoms with Crippen molar-refractivity contribution < 1.29 is 8.81 Å². The number of likely N-dealkylation sites (tertiary alicyclic amines) is 1. The Morgan fingerprint density at radius 2 is 1.89 bits per heavy atom. The predicted octanol–water partition coefficient (Wildman–Crippen LogP) is 4.91. The topological polar surface area (TPSA) is 42.2 Å². The van der Waals surface area contributed by atoms with Crippen molar-refractivity contribution in [2.24, 2.45) is 5.92 Å². The molecule has 2 atom stereocenters. The van der Waals surface area contributed by atoms with Crippen LogP contribution in [-0.4, -0.2) is 28.0 Å². The van der Waals surface area contributed by atoms with Crippen LogP contribution in [0.25, 0.3) is 11.1 Å². The van der Waals surface area contributed by atoms with E-state index in [1.54, 1.807) is 6.92 Å². The zero-order valence-electron chi connectivity index (χ0n) is 16.4. The summed E-state index contributed by atoms with van der Waals surface area (Å²) in [4.78, 5) is 11.2. The molecular formula is C22H26FN3O. The van der Waals surface area contributed by atoms with Crippen LogP contribution in [0.1, 0.15) is 47.8 Å². The van der Waals surface area contributed by atoms with E-state index in [9.17, 15) is 4.39 Å². The Morgan fingerprint density at radius 3 is 2.63 bits per heavy atom. The second-order valence-electron chi connectivity index (χ2n) is 7.86. The van der Waals surface area contributed by atoms with Gasteiger partial charge in [-0.05, 0) is 69.8 Å². The highest BCUT2D eigenvalue weighted by Gasteiger charge is 2.28. The van der Waals surface area contributed by atoms with Crippen LogP contribution in [0.5, 0.6) is 0 Å². The highest BCUT2D eigenvalue weighted by Crippen LogP contribution is 2.32. The average Bonchev–Trinajstić information content (AvgIpc) is 3.18. The van der Waals surface area contributed by atoms with Crippen molar-refractivity contribution >= 4 is 11.1 Å². The molecule has 0 aliphatic carbocycles. The van der Waals surface area contributed by atoms with Gasteiger partial charge in [-0.2, -0.15) is 0 Å². The molecule has 0 unspecified atom stereocenters. The molecule has 1 fully saturated rings. The molecule has 27 heavy (non-hydrogen) atoms. The number of aromatic nitrogens is 2. The molecule has 2 aromatic heterocycles. The van der Waals surface area contributed by atoms with E-state index in [-0.39, 0.29) is 11.9 Å². The summed E-state index contributed by atoms with van der Waals surface area (Å²) in [6.45, 7) is 9.93. The number of rotatable bonds is 4. The molecule has 0 saturated carbocycles. The number of hydrogen-bond acceptors (Lipinski definition) is 4. The van der Waals surface area contributed by atoms with Crippen molar-refractivity contribution in [2.45, 2.75) is 46.6 Å². The van der Waals surface area contributed by atoms with E-state index in [1.165, 1.54) is 11.6 Å². The smallest absolute Gasteiger partial charge is 0.192 e. The van der Waals surface area contributed by atoms with Crippen LogP contribution in [0, 0.1) is 32.5 Å². The Bertz CT molecular complexity index is 961. The Kier molecular flexibility index (Phi) is 4.72. The normalized spacial score (nSPS) is 19.1. The third-order valence-corrected chi connectivity index (χ3v) is 5.59. The third-order valence-electron chi connectivity index (χ3n) is 5.59. The van der Waals surface area contributed by atoms with Gasteiger partial charge in [0.2, 0.25) is 0 Å². The second kappa shape index (κ2) is 7.04. The summed E-state index contributed by atoms with van der Waals surface area (Å²) in [7, 11) is 0. The van der Waals surface area contributed by atoms with E-state index in [1.807, 2.05) is 19.9 Å². The van der Waals surface area contributed by atoms with E-state index < -0.39 is 0 Å². The first kappa shape index (κ1) is 18.1. The molecule has 5 heteroatoms. The minimum absolute atomic E-state index is 0.0253. The fraction of sp³-hybridized carbons (Fsp3) is 0.455. The monoisotopic (exact) mass is 367 g/mol. The van der Waals surface area contributed by atoms with Crippen molar-refractivity contribution in [3.05, 3.63) is 58.5 Å². The molecule has 3 heterocycles. The van der Waals surface area contributed by atoms with Gasteiger partial charge in [0.15, 0.2) is 11.5 Å². The summed E-state index contributed by atoms with van der Waals surface area (Å²) in [5.41, 5.74) is 5.45. The van der Waals surface area contributed by atoms with Gasteiger partial charge in [-0.15, -0.1) is 0 Å². The summed E-state index contributed by atoms with van der Waals surface area (Å²) in [5.74, 6) is 0.947. The molecule has 142 valence electrons. The van der Waals surface area contributed by atoms with Gasteiger partial charge in [-0.3, -0.25) is 9.88 Å². The number of pyridine rings is 1. The molecule has 1 saturated heterocycles. The van der Waals surface area contributed by atoms with Crippen molar-refractivity contribution in [3.63, 3.8) is 0 Å². The van der Waals surface area contributed by atoms with Crippen LogP contribution < -0.4 is 0 Å². The Labute approximate surface area is 159 Å². The number of benzene rings is 1. The fourth-order valence-electron chi connectivity index (χ4n) is 4.35. The maximum absolute atomic E-state index is 14.6. The quantitative estimate of drug-likeness (QED) is 0.657. The molecule has 4 nitrogen and oxygen atoms in total. The van der Waals surface area contributed by atoms with E-state index in [0.717, 1.165) is 42.8 Å². The van der Waals surface area contributed by atoms with Crippen molar-refractivity contribution in [2.75, 3.05) is 13.1 Å². The minimum Gasteiger partial charge on any atom is -0.441 e. The maximum Gasteiger partial charge on any atom is 0.192 e. The molecule has 0 amide bonds. The van der Waals surface area contributed by atoms with Crippen LogP contribution in [0.15, 0.2) is 28.7 Å². The van der Waals surface area contributed by atoms with Gasteiger partial charge in [0.25, 0.3) is 0 Å². The Morgan fingerprint density at radius 1 is 1.15 bits per heavy atom. The molecule has 0 radical (unpaired) electrons. The van der Waals surface area contributed by atoms with Crippen molar-refractivity contribution in [3.8, 4) is 0 Å². The predicted molar refractivity (Wildman–Crippen MR) is 104 cm³/mol. The lowest BCUT2D eigenvalue weighted by atomic mass is 9.98. The van der Waals surface area contributed by atoms with Gasteiger partial charge in [0.1, 0.15) is 11.3 Å². The van der Waals surface area contributed by atoms with Crippen molar-refractivity contribution in [1.29, 1.82) is 0 Å². The average molecular weight is 367 g/mol. The number of nitrogens with zero attached hydrogens (tertiary/aromatic N) is 3. The summed E-state index contributed by atoms with van der Waals surface area (Å²) in [6.07, 6.45) is 2.19. The van der Waals surface area contributed by atoms with Gasteiger partial charge in [-0.1, -0.05) is 0 Å². The minimum atomic E-state index is -0.213. The van der Waals surface area contributed by atoms with E-state index in [2.05, 4.69) is 33.9 Å². The number of fused-ring (bicyclic) bond motifs is 1. The number of oxazole rings is 1. The standard InChI is InChI=1S/C22H26FN3O/c1-13-7-18(8-14(2)24-13)9-17-5-6-26(12-17)15(3)19-10-21-22(11-20(19)23)27-16(4)25-21/h7-8,10-11,15,17H,5-6,9,12H2,1-4H3/t15-,17+/m1/s1. The SMILES string of the molecule is Cc1cc(C[C@@H]2CCN([C@H](C)c3cc4nc(C)oc4cc3F)C2)cc(C)n1. The lowest BCUT2D eigenvalue weighted by Crippen LogP contribution is -2.25. The highest BCUT2D eigenvalue weighted by molar-refractivity contribution is 5.73. The zero-order valence-corrected chi connectivity index (χ0v) is 16.4. The molecule has 1 aliphatic rings. The molecule has 4 rings (SSSR count). The molecule has 3 aromatic rings. The molecule has 1 aliphatic heterocycles. The number of hydrogen-bond donors (Lipinski definition) is 0. The third kappa shape index (κ3) is 3.74. The van der Waals surface area contributed by atoms with Gasteiger partial charge < -0.3 is 4.42 Å². The van der Waals surface area contributed by atoms with Crippen LogP contribution in [-0.2, 0) is 6.42 Å². The summed E-state index contributed by atoms with van der Waals surface area (Å²) in [6, 6.07) is 7.70. The maximum atomic E-state index is 14.6. The highest BCUT2D eigenvalue weighted by atomic mass is 19.1. The summed E-state index contributed by atoms with van der Waals surface area (Å²) >= 11 is 0. The number of aryl methyl sites for hydroxylation is 3. The molecular weight excluding hydrogens is 341 g/mol. The molecule has 0 bridgehead atoms. The second-order valence-corrected chi connectivity index (χ2v) is 7.86. The van der Waals surface area contributed by atoms with Crippen LogP contribution in [0.3, 0.4) is 0 Å². The van der Waals surface area contributed by atoms with Gasteiger partial charge in [0.05, 0.1) is 0 Å². The largest absolute Gasteiger partial charge is 0.441 e. The zero-order chi connectivity index (χ0) is 19.1. The molecule has 0 spiro atoms. The number of halogens is 1. The van der Waals surface area contributed by atoms with Crippen LogP contribution >= 0.6 is 0 Å². The van der Waals surface area contributed by atoms with Gasteiger partial charge in [0, 0.05) is 42.5 Å². The van der Waals surface area contributed by atoms with Crippen molar-refractivity contribution in [1.82, 2.24) is 14.9 Å². The van der Waals surface area contributed by atoms with E-state index in [4.69, 9.17) is 4.42 Å². The first-order valence-electron chi connectivity index (χ1n) is 9.64. The first-order valence-corrected chi connectivity index (χ1v) is 9.64. The Balaban J connectivity index is 1.49. The van der Waals surface area contributed by atoms with Crippen LogP contribution in [0.4, 0.5) is 4.39 Å². The molecule has 0 N–H and O–H groups in total. The van der Waals surface area contributed by atoms with E-state index >= 15 is 0 Å².